The summed E-state index contributed by atoms with van der Waals surface area (Å²) in [5.41, 5.74) is 0. The Labute approximate surface area is 56.9 Å². The van der Waals surface area contributed by atoms with E-state index < -0.39 is 0 Å². The summed E-state index contributed by atoms with van der Waals surface area (Å²) in [7, 11) is 1.71. The molecule has 0 aliphatic carbocycles. The maximum absolute atomic E-state index is 4.84. The van der Waals surface area contributed by atoms with Crippen LogP contribution in [0.4, 0.5) is 0 Å². The van der Waals surface area contributed by atoms with Gasteiger partial charge in [-0.05, 0) is 6.92 Å². The lowest BCUT2D eigenvalue weighted by Crippen LogP contribution is -2.18. The van der Waals surface area contributed by atoms with Gasteiger partial charge >= 0.3 is 0 Å². The van der Waals surface area contributed by atoms with Crippen molar-refractivity contribution in [2.75, 3.05) is 26.8 Å². The molecule has 0 amide bonds. The molecule has 0 heterocycles. The molecular formula is C7H15NO. The molecule has 0 rings (SSSR count). The molecule has 2 heteroatoms. The first-order valence-corrected chi connectivity index (χ1v) is 3.22. The normalized spacial score (nSPS) is 10.9. The number of hydrogen-bond donors (Lipinski definition) is 1. The molecule has 0 atom stereocenters. The van der Waals surface area contributed by atoms with Crippen molar-refractivity contribution in [1.29, 1.82) is 0 Å². The Balaban J connectivity index is 2.75. The van der Waals surface area contributed by atoms with Crippen LogP contribution in [0.5, 0.6) is 0 Å². The molecule has 0 saturated heterocycles. The Morgan fingerprint density at radius 2 is 2.33 bits per heavy atom. The van der Waals surface area contributed by atoms with Crippen LogP contribution in [-0.2, 0) is 4.74 Å². The smallest absolute Gasteiger partial charge is 0.0587 e. The van der Waals surface area contributed by atoms with Crippen molar-refractivity contribution in [3.8, 4) is 0 Å². The van der Waals surface area contributed by atoms with Gasteiger partial charge in [0.1, 0.15) is 0 Å². The Morgan fingerprint density at radius 3 is 2.89 bits per heavy atom. The molecular weight excluding hydrogens is 114 g/mol. The van der Waals surface area contributed by atoms with Crippen LogP contribution in [-0.4, -0.2) is 26.8 Å². The van der Waals surface area contributed by atoms with E-state index in [-0.39, 0.29) is 0 Å². The van der Waals surface area contributed by atoms with E-state index in [1.807, 2.05) is 13.0 Å². The summed E-state index contributed by atoms with van der Waals surface area (Å²) in [5, 5.41) is 3.18. The minimum atomic E-state index is 0.789. The molecule has 9 heavy (non-hydrogen) atoms. The zero-order valence-electron chi connectivity index (χ0n) is 6.18. The zero-order valence-corrected chi connectivity index (χ0v) is 6.18. The molecule has 0 aliphatic rings. The fraction of sp³-hybridized carbons (Fsp3) is 0.714. The molecule has 0 radical (unpaired) electrons. The molecule has 0 spiro atoms. The molecule has 54 valence electrons. The second-order valence-electron chi connectivity index (χ2n) is 1.77. The third-order valence-corrected chi connectivity index (χ3v) is 0.981. The first kappa shape index (κ1) is 8.66. The van der Waals surface area contributed by atoms with Gasteiger partial charge in [0, 0.05) is 20.2 Å². The molecule has 2 nitrogen and oxygen atoms in total. The highest BCUT2D eigenvalue weighted by Crippen LogP contribution is 1.67. The molecule has 0 aromatic heterocycles. The van der Waals surface area contributed by atoms with E-state index in [0.29, 0.717) is 0 Å². The average molecular weight is 129 g/mol. The number of ether oxygens (including phenoxy) is 1. The number of rotatable bonds is 5. The summed E-state index contributed by atoms with van der Waals surface area (Å²) in [4.78, 5) is 0. The van der Waals surface area contributed by atoms with Gasteiger partial charge in [-0.25, -0.2) is 0 Å². The Hall–Kier alpha value is -0.340. The summed E-state index contributed by atoms with van der Waals surface area (Å²) in [5.74, 6) is 0. The average Bonchev–Trinajstić information content (AvgIpc) is 1.89. The molecule has 1 N–H and O–H groups in total. The largest absolute Gasteiger partial charge is 0.383 e. The van der Waals surface area contributed by atoms with E-state index >= 15 is 0 Å². The first-order chi connectivity index (χ1) is 4.41. The number of hydrogen-bond acceptors (Lipinski definition) is 2. The highest BCUT2D eigenvalue weighted by Gasteiger charge is 1.79. The Bertz CT molecular complexity index is 71.3. The van der Waals surface area contributed by atoms with Crippen molar-refractivity contribution in [3.63, 3.8) is 0 Å². The van der Waals surface area contributed by atoms with E-state index in [4.69, 9.17) is 4.74 Å². The van der Waals surface area contributed by atoms with Gasteiger partial charge in [0.15, 0.2) is 0 Å². The molecule has 0 aromatic rings. The summed E-state index contributed by atoms with van der Waals surface area (Å²) >= 11 is 0. The van der Waals surface area contributed by atoms with Crippen LogP contribution in [0.15, 0.2) is 12.2 Å². The number of allylic oxidation sites excluding steroid dienone is 1. The quantitative estimate of drug-likeness (QED) is 0.438. The van der Waals surface area contributed by atoms with Crippen molar-refractivity contribution in [1.82, 2.24) is 5.32 Å². The lowest BCUT2D eigenvalue weighted by Gasteiger charge is -1.97. The minimum absolute atomic E-state index is 0.789. The highest BCUT2D eigenvalue weighted by molar-refractivity contribution is 4.78. The maximum atomic E-state index is 4.84. The summed E-state index contributed by atoms with van der Waals surface area (Å²) in [6, 6.07) is 0. The van der Waals surface area contributed by atoms with Crippen LogP contribution < -0.4 is 5.32 Å². The lowest BCUT2D eigenvalue weighted by molar-refractivity contribution is 0.200. The van der Waals surface area contributed by atoms with Crippen molar-refractivity contribution < 1.29 is 4.74 Å². The number of nitrogens with one attached hydrogen (secondary N) is 1. The van der Waals surface area contributed by atoms with Crippen LogP contribution in [0.25, 0.3) is 0 Å². The van der Waals surface area contributed by atoms with Crippen molar-refractivity contribution >= 4 is 0 Å². The molecule has 0 saturated carbocycles. The summed E-state index contributed by atoms with van der Waals surface area (Å²) in [6.45, 7) is 4.68. The van der Waals surface area contributed by atoms with Gasteiger partial charge in [-0.3, -0.25) is 0 Å². The van der Waals surface area contributed by atoms with Crippen molar-refractivity contribution in [2.45, 2.75) is 6.92 Å². The van der Waals surface area contributed by atoms with Gasteiger partial charge < -0.3 is 10.1 Å². The third kappa shape index (κ3) is 7.66. The Morgan fingerprint density at radius 1 is 1.56 bits per heavy atom. The van der Waals surface area contributed by atoms with Gasteiger partial charge in [-0.15, -0.1) is 0 Å². The standard InChI is InChI=1S/C7H15NO/c1-3-4-5-8-6-7-9-2/h3-4,8H,5-7H2,1-2H3/b4-3+. The van der Waals surface area contributed by atoms with Crippen molar-refractivity contribution in [2.24, 2.45) is 0 Å². The van der Waals surface area contributed by atoms with E-state index in [1.165, 1.54) is 0 Å². The molecule has 0 aromatic carbocycles. The molecule has 0 aliphatic heterocycles. The lowest BCUT2D eigenvalue weighted by atomic mass is 10.5. The predicted molar refractivity (Wildman–Crippen MR) is 39.6 cm³/mol. The second kappa shape index (κ2) is 7.66. The van der Waals surface area contributed by atoms with Crippen molar-refractivity contribution in [3.05, 3.63) is 12.2 Å². The molecule has 0 unspecified atom stereocenters. The predicted octanol–water partition coefficient (Wildman–Crippen LogP) is 0.798. The van der Waals surface area contributed by atoms with Gasteiger partial charge in [-0.2, -0.15) is 0 Å². The fourth-order valence-electron chi connectivity index (χ4n) is 0.477. The topological polar surface area (TPSA) is 21.3 Å². The van der Waals surface area contributed by atoms with Crippen LogP contribution in [0.1, 0.15) is 6.92 Å². The van der Waals surface area contributed by atoms with Crippen LogP contribution in [0.3, 0.4) is 0 Å². The van der Waals surface area contributed by atoms with Gasteiger partial charge in [0.05, 0.1) is 6.61 Å². The van der Waals surface area contributed by atoms with Gasteiger partial charge in [0.25, 0.3) is 0 Å². The maximum Gasteiger partial charge on any atom is 0.0587 e. The summed E-state index contributed by atoms with van der Waals surface area (Å²) < 4.78 is 4.84. The molecule has 0 fully saturated rings. The number of methoxy groups -OCH3 is 1. The van der Waals surface area contributed by atoms with E-state index in [0.717, 1.165) is 19.7 Å². The molecule has 0 bridgehead atoms. The van der Waals surface area contributed by atoms with Crippen LogP contribution >= 0.6 is 0 Å². The van der Waals surface area contributed by atoms with Crippen LogP contribution in [0.2, 0.25) is 0 Å². The third-order valence-electron chi connectivity index (χ3n) is 0.981. The van der Waals surface area contributed by atoms with E-state index in [2.05, 4.69) is 11.4 Å². The monoisotopic (exact) mass is 129 g/mol. The summed E-state index contributed by atoms with van der Waals surface area (Å²) in [6.07, 6.45) is 4.11. The zero-order chi connectivity index (χ0) is 6.95. The van der Waals surface area contributed by atoms with Crippen LogP contribution in [0, 0.1) is 0 Å². The second-order valence-corrected chi connectivity index (χ2v) is 1.77. The van der Waals surface area contributed by atoms with Gasteiger partial charge in [0.2, 0.25) is 0 Å². The highest BCUT2D eigenvalue weighted by atomic mass is 16.5. The van der Waals surface area contributed by atoms with Gasteiger partial charge in [-0.1, -0.05) is 12.2 Å². The van der Waals surface area contributed by atoms with E-state index in [9.17, 15) is 0 Å². The SMILES string of the molecule is C/C=C/CNCCOC. The Kier molecular flexibility index (Phi) is 7.37. The first-order valence-electron chi connectivity index (χ1n) is 3.22. The fourth-order valence-corrected chi connectivity index (χ4v) is 0.477. The minimum Gasteiger partial charge on any atom is -0.383 e. The van der Waals surface area contributed by atoms with E-state index in [1.54, 1.807) is 7.11 Å².